The molecule has 1 heterocycles. The fraction of sp³-hybridized carbons (Fsp3) is 0.381. The predicted octanol–water partition coefficient (Wildman–Crippen LogP) is -1.38. The summed E-state index contributed by atoms with van der Waals surface area (Å²) in [6.45, 7) is 0. The highest BCUT2D eigenvalue weighted by Crippen LogP contribution is 2.19. The van der Waals surface area contributed by atoms with Gasteiger partial charge in [-0.15, -0.1) is 0 Å². The van der Waals surface area contributed by atoms with Crippen LogP contribution >= 0.6 is 0 Å². The summed E-state index contributed by atoms with van der Waals surface area (Å²) in [5.41, 5.74) is 17.4. The average Bonchev–Trinajstić information content (AvgIpc) is 3.16. The second-order valence-corrected chi connectivity index (χ2v) is 7.64. The van der Waals surface area contributed by atoms with E-state index < -0.39 is 47.7 Å². The lowest BCUT2D eigenvalue weighted by Crippen LogP contribution is -2.55. The van der Waals surface area contributed by atoms with Gasteiger partial charge in [-0.05, 0) is 24.5 Å². The maximum atomic E-state index is 12.8. The molecule has 0 saturated heterocycles. The van der Waals surface area contributed by atoms with E-state index in [-0.39, 0.29) is 32.1 Å². The van der Waals surface area contributed by atoms with Crippen molar-refractivity contribution >= 4 is 40.5 Å². The number of carbonyl (C=O) groups excluding carboxylic acids is 4. The van der Waals surface area contributed by atoms with E-state index in [2.05, 4.69) is 15.6 Å². The summed E-state index contributed by atoms with van der Waals surface area (Å²) in [4.78, 5) is 62.1. The van der Waals surface area contributed by atoms with Crippen LogP contribution in [-0.2, 0) is 30.4 Å². The quantitative estimate of drug-likeness (QED) is 0.189. The zero-order valence-electron chi connectivity index (χ0n) is 17.9. The largest absolute Gasteiger partial charge is 0.480 e. The average molecular weight is 460 g/mol. The highest BCUT2D eigenvalue weighted by Gasteiger charge is 2.29. The number of benzene rings is 1. The van der Waals surface area contributed by atoms with Gasteiger partial charge in [0.25, 0.3) is 0 Å². The summed E-state index contributed by atoms with van der Waals surface area (Å²) in [6.07, 6.45) is 1.10. The SMILES string of the molecule is NC(=O)CC[C@H](NC(=O)[C@@H](N)CCC(N)=O)C(=O)N[C@@H](Cc1c[nH]c2ccccc12)C(=O)O. The second-order valence-electron chi connectivity index (χ2n) is 7.64. The number of carboxylic acid groups (broad SMARTS) is 1. The maximum absolute atomic E-state index is 12.8. The number of aliphatic carboxylic acids is 1. The summed E-state index contributed by atoms with van der Waals surface area (Å²) >= 11 is 0. The monoisotopic (exact) mass is 460 g/mol. The van der Waals surface area contributed by atoms with Crippen LogP contribution in [0.4, 0.5) is 0 Å². The number of aromatic nitrogens is 1. The lowest BCUT2D eigenvalue weighted by atomic mass is 10.0. The zero-order chi connectivity index (χ0) is 24.5. The first kappa shape index (κ1) is 25.3. The van der Waals surface area contributed by atoms with Gasteiger partial charge < -0.3 is 37.9 Å². The van der Waals surface area contributed by atoms with Crippen LogP contribution in [0.1, 0.15) is 31.2 Å². The normalized spacial score (nSPS) is 13.6. The Morgan fingerprint density at radius 1 is 0.909 bits per heavy atom. The van der Waals surface area contributed by atoms with Crippen molar-refractivity contribution in [1.29, 1.82) is 0 Å². The van der Waals surface area contributed by atoms with E-state index in [9.17, 15) is 29.1 Å². The van der Waals surface area contributed by atoms with E-state index in [1.54, 1.807) is 6.20 Å². The fourth-order valence-electron chi connectivity index (χ4n) is 3.26. The Kier molecular flexibility index (Phi) is 8.92. The van der Waals surface area contributed by atoms with Crippen LogP contribution in [0.5, 0.6) is 0 Å². The molecule has 0 aliphatic carbocycles. The van der Waals surface area contributed by atoms with E-state index in [0.717, 1.165) is 10.9 Å². The number of aromatic amines is 1. The number of H-pyrrole nitrogens is 1. The molecule has 33 heavy (non-hydrogen) atoms. The highest BCUT2D eigenvalue weighted by molar-refractivity contribution is 5.93. The number of hydrogen-bond acceptors (Lipinski definition) is 6. The number of fused-ring (bicyclic) bond motifs is 1. The molecular weight excluding hydrogens is 432 g/mol. The molecule has 0 aliphatic heterocycles. The summed E-state index contributed by atoms with van der Waals surface area (Å²) < 4.78 is 0. The van der Waals surface area contributed by atoms with Crippen LogP contribution < -0.4 is 27.8 Å². The summed E-state index contributed by atoms with van der Waals surface area (Å²) in [7, 11) is 0. The number of rotatable bonds is 13. The van der Waals surface area contributed by atoms with Crippen molar-refractivity contribution in [2.75, 3.05) is 0 Å². The second kappa shape index (κ2) is 11.6. The van der Waals surface area contributed by atoms with Gasteiger partial charge in [-0.25, -0.2) is 4.79 Å². The molecule has 10 N–H and O–H groups in total. The molecule has 2 rings (SSSR count). The number of nitrogens with one attached hydrogen (secondary N) is 3. The molecule has 1 aromatic heterocycles. The van der Waals surface area contributed by atoms with Gasteiger partial charge in [-0.1, -0.05) is 18.2 Å². The van der Waals surface area contributed by atoms with Crippen molar-refractivity contribution in [2.45, 2.75) is 50.2 Å². The van der Waals surface area contributed by atoms with Crippen molar-refractivity contribution in [2.24, 2.45) is 17.2 Å². The number of hydrogen-bond donors (Lipinski definition) is 7. The molecule has 0 saturated carbocycles. The lowest BCUT2D eigenvalue weighted by molar-refractivity contribution is -0.142. The summed E-state index contributed by atoms with van der Waals surface area (Å²) in [5, 5.41) is 15.2. The molecular formula is C21H28N6O6. The minimum atomic E-state index is -1.30. The van der Waals surface area contributed by atoms with Gasteiger partial charge in [0.2, 0.25) is 23.6 Å². The highest BCUT2D eigenvalue weighted by atomic mass is 16.4. The molecule has 0 aliphatic rings. The van der Waals surface area contributed by atoms with Gasteiger partial charge in [-0.2, -0.15) is 0 Å². The first-order valence-corrected chi connectivity index (χ1v) is 10.3. The third kappa shape index (κ3) is 7.61. The zero-order valence-corrected chi connectivity index (χ0v) is 17.9. The number of nitrogens with two attached hydrogens (primary N) is 3. The Morgan fingerprint density at radius 3 is 2.15 bits per heavy atom. The molecule has 0 unspecified atom stereocenters. The van der Waals surface area contributed by atoms with Crippen LogP contribution in [0.2, 0.25) is 0 Å². The molecule has 2 aromatic rings. The molecule has 0 spiro atoms. The molecule has 3 atom stereocenters. The molecule has 0 bridgehead atoms. The van der Waals surface area contributed by atoms with Crippen molar-refractivity contribution in [3.63, 3.8) is 0 Å². The lowest BCUT2D eigenvalue weighted by Gasteiger charge is -2.22. The van der Waals surface area contributed by atoms with E-state index >= 15 is 0 Å². The van der Waals surface area contributed by atoms with Crippen LogP contribution in [0, 0.1) is 0 Å². The van der Waals surface area contributed by atoms with Crippen molar-refractivity contribution in [1.82, 2.24) is 15.6 Å². The Hall–Kier alpha value is -3.93. The molecule has 4 amide bonds. The third-order valence-corrected chi connectivity index (χ3v) is 5.06. The van der Waals surface area contributed by atoms with E-state index in [1.165, 1.54) is 0 Å². The molecule has 1 aromatic carbocycles. The van der Waals surface area contributed by atoms with E-state index in [4.69, 9.17) is 17.2 Å². The molecule has 12 heteroatoms. The van der Waals surface area contributed by atoms with Crippen molar-refractivity contribution in [3.8, 4) is 0 Å². The van der Waals surface area contributed by atoms with Gasteiger partial charge in [0.05, 0.1) is 6.04 Å². The van der Waals surface area contributed by atoms with Gasteiger partial charge in [0.15, 0.2) is 0 Å². The third-order valence-electron chi connectivity index (χ3n) is 5.06. The van der Waals surface area contributed by atoms with E-state index in [0.29, 0.717) is 5.56 Å². The predicted molar refractivity (Wildman–Crippen MR) is 118 cm³/mol. The Labute approximate surface area is 189 Å². The standard InChI is InChI=1S/C21H28N6O6/c22-13(5-7-17(23)28)19(30)26-15(6-8-18(24)29)20(31)27-16(21(32)33)9-11-10-25-14-4-2-1-3-12(11)14/h1-4,10,13,15-16,25H,5-9,22H2,(H2,23,28)(H2,24,29)(H,26,30)(H,27,31)(H,32,33)/t13-,15-,16-/m0/s1. The Bertz CT molecular complexity index is 1040. The van der Waals surface area contributed by atoms with Crippen LogP contribution in [0.3, 0.4) is 0 Å². The molecule has 12 nitrogen and oxygen atoms in total. The van der Waals surface area contributed by atoms with Crippen LogP contribution in [0.25, 0.3) is 10.9 Å². The van der Waals surface area contributed by atoms with Gasteiger partial charge in [-0.3, -0.25) is 19.2 Å². The van der Waals surface area contributed by atoms with Gasteiger partial charge >= 0.3 is 5.97 Å². The maximum Gasteiger partial charge on any atom is 0.326 e. The van der Waals surface area contributed by atoms with Crippen molar-refractivity contribution < 1.29 is 29.1 Å². The van der Waals surface area contributed by atoms with Gasteiger partial charge in [0.1, 0.15) is 12.1 Å². The van der Waals surface area contributed by atoms with E-state index in [1.807, 2.05) is 24.3 Å². The van der Waals surface area contributed by atoms with Crippen LogP contribution in [0.15, 0.2) is 30.5 Å². The molecule has 0 radical (unpaired) electrons. The number of amides is 4. The number of carboxylic acids is 1. The fourth-order valence-corrected chi connectivity index (χ4v) is 3.26. The first-order valence-electron chi connectivity index (χ1n) is 10.3. The molecule has 178 valence electrons. The van der Waals surface area contributed by atoms with Gasteiger partial charge in [0, 0.05) is 36.4 Å². The smallest absolute Gasteiger partial charge is 0.326 e. The summed E-state index contributed by atoms with van der Waals surface area (Å²) in [6, 6.07) is 3.63. The Balaban J connectivity index is 2.11. The minimum absolute atomic E-state index is 0.0142. The Morgan fingerprint density at radius 2 is 1.52 bits per heavy atom. The van der Waals surface area contributed by atoms with Crippen LogP contribution in [-0.4, -0.2) is 57.8 Å². The number of carbonyl (C=O) groups is 5. The number of para-hydroxylation sites is 1. The minimum Gasteiger partial charge on any atom is -0.480 e. The van der Waals surface area contributed by atoms with Crippen molar-refractivity contribution in [3.05, 3.63) is 36.0 Å². The molecule has 0 fully saturated rings. The first-order chi connectivity index (χ1) is 15.6. The summed E-state index contributed by atoms with van der Waals surface area (Å²) in [5.74, 6) is -4.16. The number of primary amides is 2. The topological polar surface area (TPSA) is 223 Å².